The lowest BCUT2D eigenvalue weighted by molar-refractivity contribution is -0.154. The zero-order valence-electron chi connectivity index (χ0n) is 13.0. The Balaban J connectivity index is 3.06. The maximum Gasteiger partial charge on any atom is 0.307 e. The standard InChI is InChI=1S/C16H28O4/c1-9(2)13(15(17)18)11-7-5-6-8-12(11)14(10(3)4)16(19)20/h9-14H,5-8H2,1-4H3,(H,17,18)(H,19,20). The van der Waals surface area contributed by atoms with Gasteiger partial charge in [0.05, 0.1) is 11.8 Å². The molecule has 116 valence electrons. The molecule has 1 aliphatic rings. The summed E-state index contributed by atoms with van der Waals surface area (Å²) in [5.41, 5.74) is 0. The number of aliphatic carboxylic acids is 2. The first-order valence-corrected chi connectivity index (χ1v) is 7.73. The molecular weight excluding hydrogens is 256 g/mol. The Kier molecular flexibility index (Phi) is 6.03. The second kappa shape index (κ2) is 7.09. The summed E-state index contributed by atoms with van der Waals surface area (Å²) in [6, 6.07) is 0. The topological polar surface area (TPSA) is 74.6 Å². The van der Waals surface area contributed by atoms with Gasteiger partial charge in [0.15, 0.2) is 0 Å². The predicted molar refractivity (Wildman–Crippen MR) is 77.4 cm³/mol. The van der Waals surface area contributed by atoms with Crippen LogP contribution in [0.25, 0.3) is 0 Å². The summed E-state index contributed by atoms with van der Waals surface area (Å²) in [6.45, 7) is 7.70. The largest absolute Gasteiger partial charge is 0.481 e. The van der Waals surface area contributed by atoms with Gasteiger partial charge in [-0.25, -0.2) is 0 Å². The molecule has 0 bridgehead atoms. The van der Waals surface area contributed by atoms with E-state index in [-0.39, 0.29) is 23.7 Å². The molecule has 0 spiro atoms. The van der Waals surface area contributed by atoms with Crippen LogP contribution in [-0.2, 0) is 9.59 Å². The number of rotatable bonds is 6. The summed E-state index contributed by atoms with van der Waals surface area (Å²) in [5.74, 6) is -2.34. The highest BCUT2D eigenvalue weighted by atomic mass is 16.4. The number of carboxylic acids is 2. The van der Waals surface area contributed by atoms with Gasteiger partial charge in [-0.2, -0.15) is 0 Å². The zero-order chi connectivity index (χ0) is 15.4. The molecule has 1 fully saturated rings. The summed E-state index contributed by atoms with van der Waals surface area (Å²) in [4.78, 5) is 23.2. The maximum atomic E-state index is 11.6. The van der Waals surface area contributed by atoms with Gasteiger partial charge in [-0.3, -0.25) is 9.59 Å². The molecule has 0 aromatic carbocycles. The maximum absolute atomic E-state index is 11.6. The van der Waals surface area contributed by atoms with Crippen molar-refractivity contribution < 1.29 is 19.8 Å². The average molecular weight is 284 g/mol. The molecule has 4 nitrogen and oxygen atoms in total. The lowest BCUT2D eigenvalue weighted by Gasteiger charge is -2.41. The molecule has 4 atom stereocenters. The van der Waals surface area contributed by atoms with E-state index in [4.69, 9.17) is 0 Å². The third-order valence-corrected chi connectivity index (χ3v) is 4.80. The lowest BCUT2D eigenvalue weighted by Crippen LogP contribution is -2.42. The van der Waals surface area contributed by atoms with Gasteiger partial charge in [0.25, 0.3) is 0 Å². The molecule has 0 amide bonds. The molecule has 1 aliphatic carbocycles. The summed E-state index contributed by atoms with van der Waals surface area (Å²) in [5, 5.41) is 19.1. The molecule has 0 radical (unpaired) electrons. The molecule has 1 rings (SSSR count). The first-order chi connectivity index (χ1) is 9.27. The molecule has 0 saturated heterocycles. The SMILES string of the molecule is CC(C)C(C(=O)O)C1CCCCC1C(C(=O)O)C(C)C. The lowest BCUT2D eigenvalue weighted by atomic mass is 9.63. The van der Waals surface area contributed by atoms with E-state index in [1.165, 1.54) is 0 Å². The molecule has 0 aromatic heterocycles. The smallest absolute Gasteiger partial charge is 0.307 e. The summed E-state index contributed by atoms with van der Waals surface area (Å²) >= 11 is 0. The first kappa shape index (κ1) is 17.0. The Morgan fingerprint density at radius 3 is 1.30 bits per heavy atom. The van der Waals surface area contributed by atoms with Crippen LogP contribution in [0.1, 0.15) is 53.4 Å². The monoisotopic (exact) mass is 284 g/mol. The normalized spacial score (nSPS) is 26.5. The second-order valence-electron chi connectivity index (χ2n) is 6.83. The van der Waals surface area contributed by atoms with Crippen LogP contribution in [-0.4, -0.2) is 22.2 Å². The Labute approximate surface area is 121 Å². The summed E-state index contributed by atoms with van der Waals surface area (Å²) < 4.78 is 0. The fourth-order valence-corrected chi connectivity index (χ4v) is 4.01. The van der Waals surface area contributed by atoms with Crippen molar-refractivity contribution in [2.45, 2.75) is 53.4 Å². The third-order valence-electron chi connectivity index (χ3n) is 4.80. The molecule has 1 saturated carbocycles. The highest BCUT2D eigenvalue weighted by molar-refractivity contribution is 5.72. The van der Waals surface area contributed by atoms with E-state index in [1.54, 1.807) is 0 Å². The van der Waals surface area contributed by atoms with Crippen LogP contribution in [0, 0.1) is 35.5 Å². The van der Waals surface area contributed by atoms with E-state index in [9.17, 15) is 19.8 Å². The number of hydrogen-bond acceptors (Lipinski definition) is 2. The third kappa shape index (κ3) is 3.74. The first-order valence-electron chi connectivity index (χ1n) is 7.73. The minimum atomic E-state index is -0.773. The quantitative estimate of drug-likeness (QED) is 0.782. The highest BCUT2D eigenvalue weighted by Crippen LogP contribution is 2.44. The van der Waals surface area contributed by atoms with Crippen molar-refractivity contribution >= 4 is 11.9 Å². The van der Waals surface area contributed by atoms with Crippen LogP contribution in [0.4, 0.5) is 0 Å². The van der Waals surface area contributed by atoms with Crippen molar-refractivity contribution in [3.63, 3.8) is 0 Å². The van der Waals surface area contributed by atoms with E-state index >= 15 is 0 Å². The van der Waals surface area contributed by atoms with Gasteiger partial charge < -0.3 is 10.2 Å². The van der Waals surface area contributed by atoms with Gasteiger partial charge in [-0.05, 0) is 36.5 Å². The summed E-state index contributed by atoms with van der Waals surface area (Å²) in [7, 11) is 0. The van der Waals surface area contributed by atoms with E-state index in [2.05, 4.69) is 0 Å². The number of carboxylic acid groups (broad SMARTS) is 2. The molecule has 0 heterocycles. The Bertz CT molecular complexity index is 314. The van der Waals surface area contributed by atoms with Crippen LogP contribution < -0.4 is 0 Å². The Morgan fingerprint density at radius 2 is 1.10 bits per heavy atom. The fraction of sp³-hybridized carbons (Fsp3) is 0.875. The van der Waals surface area contributed by atoms with Crippen LogP contribution in [0.2, 0.25) is 0 Å². The molecule has 0 aromatic rings. The second-order valence-corrected chi connectivity index (χ2v) is 6.83. The van der Waals surface area contributed by atoms with E-state index in [0.29, 0.717) is 0 Å². The van der Waals surface area contributed by atoms with E-state index in [1.807, 2.05) is 27.7 Å². The van der Waals surface area contributed by atoms with Gasteiger partial charge in [-0.15, -0.1) is 0 Å². The number of hydrogen-bond donors (Lipinski definition) is 2. The van der Waals surface area contributed by atoms with Crippen LogP contribution in [0.15, 0.2) is 0 Å². The molecule has 0 aliphatic heterocycles. The van der Waals surface area contributed by atoms with Crippen molar-refractivity contribution in [1.82, 2.24) is 0 Å². The van der Waals surface area contributed by atoms with E-state index < -0.39 is 23.8 Å². The van der Waals surface area contributed by atoms with Crippen molar-refractivity contribution in [3.05, 3.63) is 0 Å². The molecule has 2 N–H and O–H groups in total. The molecule has 4 heteroatoms. The van der Waals surface area contributed by atoms with Crippen molar-refractivity contribution in [2.75, 3.05) is 0 Å². The Hall–Kier alpha value is -1.06. The van der Waals surface area contributed by atoms with Gasteiger partial charge in [-0.1, -0.05) is 40.5 Å². The van der Waals surface area contributed by atoms with Crippen molar-refractivity contribution in [1.29, 1.82) is 0 Å². The fourth-order valence-electron chi connectivity index (χ4n) is 4.01. The van der Waals surface area contributed by atoms with Crippen LogP contribution >= 0.6 is 0 Å². The average Bonchev–Trinajstić information content (AvgIpc) is 2.29. The number of carbonyl (C=O) groups is 2. The minimum Gasteiger partial charge on any atom is -0.481 e. The van der Waals surface area contributed by atoms with Gasteiger partial charge in [0, 0.05) is 0 Å². The molecular formula is C16H28O4. The van der Waals surface area contributed by atoms with Crippen molar-refractivity contribution in [2.24, 2.45) is 35.5 Å². The minimum absolute atomic E-state index is 0.00949. The van der Waals surface area contributed by atoms with Gasteiger partial charge >= 0.3 is 11.9 Å². The van der Waals surface area contributed by atoms with Gasteiger partial charge in [0.2, 0.25) is 0 Å². The zero-order valence-corrected chi connectivity index (χ0v) is 13.0. The van der Waals surface area contributed by atoms with Crippen molar-refractivity contribution in [3.8, 4) is 0 Å². The Morgan fingerprint density at radius 1 is 0.800 bits per heavy atom. The van der Waals surface area contributed by atoms with Crippen LogP contribution in [0.5, 0.6) is 0 Å². The van der Waals surface area contributed by atoms with E-state index in [0.717, 1.165) is 25.7 Å². The molecule has 4 unspecified atom stereocenters. The molecule has 20 heavy (non-hydrogen) atoms. The highest BCUT2D eigenvalue weighted by Gasteiger charge is 2.43. The summed E-state index contributed by atoms with van der Waals surface area (Å²) in [6.07, 6.45) is 3.72. The van der Waals surface area contributed by atoms with Crippen LogP contribution in [0.3, 0.4) is 0 Å². The van der Waals surface area contributed by atoms with Gasteiger partial charge in [0.1, 0.15) is 0 Å². The predicted octanol–water partition coefficient (Wildman–Crippen LogP) is 3.51.